The van der Waals surface area contributed by atoms with Crippen molar-refractivity contribution in [3.8, 4) is 0 Å². The first-order valence-electron chi connectivity index (χ1n) is 6.67. The molecule has 0 spiro atoms. The molecule has 1 aromatic heterocycles. The highest BCUT2D eigenvalue weighted by atomic mass is 35.5. The van der Waals surface area contributed by atoms with Gasteiger partial charge in [0.15, 0.2) is 0 Å². The summed E-state index contributed by atoms with van der Waals surface area (Å²) in [5.74, 6) is 0. The van der Waals surface area contributed by atoms with E-state index in [-0.39, 0.29) is 0 Å². The number of aromatic nitrogens is 2. The molecule has 1 aromatic carbocycles. The van der Waals surface area contributed by atoms with Crippen LogP contribution >= 0.6 is 11.6 Å². The van der Waals surface area contributed by atoms with E-state index in [4.69, 9.17) is 11.6 Å². The molecule has 2 rings (SSSR count). The van der Waals surface area contributed by atoms with E-state index in [1.807, 2.05) is 17.8 Å². The average Bonchev–Trinajstić information content (AvgIpc) is 2.71. The smallest absolute Gasteiger partial charge is 0.0815 e. The topological polar surface area (TPSA) is 29.9 Å². The zero-order chi connectivity index (χ0) is 13.7. The molecule has 19 heavy (non-hydrogen) atoms. The summed E-state index contributed by atoms with van der Waals surface area (Å²) in [5, 5.41) is 8.57. The molecule has 0 bridgehead atoms. The minimum absolute atomic E-state index is 0.724. The maximum atomic E-state index is 6.04. The van der Waals surface area contributed by atoms with Crippen LogP contribution in [0.1, 0.15) is 30.2 Å². The standard InChI is InChI=1S/C15H20ClN3/c1-3-8-17-9-13-6-4-5-7-14(13)10-19-11-15(16)12(2)18-19/h4-7,11,17H,3,8-10H2,1-2H3. The third kappa shape index (κ3) is 3.82. The van der Waals surface area contributed by atoms with Gasteiger partial charge >= 0.3 is 0 Å². The Morgan fingerprint density at radius 3 is 2.63 bits per heavy atom. The van der Waals surface area contributed by atoms with E-state index in [1.165, 1.54) is 11.1 Å². The van der Waals surface area contributed by atoms with Crippen molar-refractivity contribution < 1.29 is 0 Å². The Kier molecular flexibility index (Phi) is 5.00. The number of rotatable bonds is 6. The molecule has 0 amide bonds. The number of aryl methyl sites for hydroxylation is 1. The maximum absolute atomic E-state index is 6.04. The van der Waals surface area contributed by atoms with Crippen LogP contribution in [0.2, 0.25) is 5.02 Å². The van der Waals surface area contributed by atoms with Crippen molar-refractivity contribution in [3.63, 3.8) is 0 Å². The van der Waals surface area contributed by atoms with Gasteiger partial charge in [-0.3, -0.25) is 4.68 Å². The molecule has 0 unspecified atom stereocenters. The predicted molar refractivity (Wildman–Crippen MR) is 79.5 cm³/mol. The molecule has 0 atom stereocenters. The number of hydrogen-bond acceptors (Lipinski definition) is 2. The summed E-state index contributed by atoms with van der Waals surface area (Å²) in [5.41, 5.74) is 3.48. The van der Waals surface area contributed by atoms with Crippen LogP contribution in [-0.4, -0.2) is 16.3 Å². The van der Waals surface area contributed by atoms with Gasteiger partial charge in [0.05, 0.1) is 17.3 Å². The van der Waals surface area contributed by atoms with Gasteiger partial charge in [-0.2, -0.15) is 5.10 Å². The van der Waals surface area contributed by atoms with E-state index in [0.29, 0.717) is 0 Å². The molecule has 3 nitrogen and oxygen atoms in total. The Morgan fingerprint density at radius 1 is 1.26 bits per heavy atom. The molecule has 0 aliphatic heterocycles. The fourth-order valence-electron chi connectivity index (χ4n) is 2.03. The highest BCUT2D eigenvalue weighted by Gasteiger charge is 2.05. The highest BCUT2D eigenvalue weighted by molar-refractivity contribution is 6.31. The van der Waals surface area contributed by atoms with Gasteiger partial charge in [-0.25, -0.2) is 0 Å². The molecule has 0 saturated carbocycles. The Morgan fingerprint density at radius 2 is 2.00 bits per heavy atom. The summed E-state index contributed by atoms with van der Waals surface area (Å²) >= 11 is 6.04. The predicted octanol–water partition coefficient (Wildman–Crippen LogP) is 3.39. The Bertz CT molecular complexity index is 514. The summed E-state index contributed by atoms with van der Waals surface area (Å²) in [6.07, 6.45) is 3.03. The first-order valence-corrected chi connectivity index (χ1v) is 7.05. The lowest BCUT2D eigenvalue weighted by Crippen LogP contribution is -2.16. The molecule has 0 saturated heterocycles. The number of benzene rings is 1. The van der Waals surface area contributed by atoms with E-state index in [0.717, 1.165) is 36.8 Å². The van der Waals surface area contributed by atoms with Gasteiger partial charge in [-0.05, 0) is 31.0 Å². The quantitative estimate of drug-likeness (QED) is 0.820. The van der Waals surface area contributed by atoms with Gasteiger partial charge in [0.1, 0.15) is 0 Å². The van der Waals surface area contributed by atoms with Gasteiger partial charge in [0, 0.05) is 12.7 Å². The zero-order valence-corrected chi connectivity index (χ0v) is 12.2. The van der Waals surface area contributed by atoms with E-state index in [9.17, 15) is 0 Å². The Balaban J connectivity index is 2.10. The minimum Gasteiger partial charge on any atom is -0.313 e. The molecule has 1 heterocycles. The van der Waals surface area contributed by atoms with Crippen LogP contribution in [0.4, 0.5) is 0 Å². The van der Waals surface area contributed by atoms with Gasteiger partial charge in [0.2, 0.25) is 0 Å². The van der Waals surface area contributed by atoms with Crippen molar-refractivity contribution in [1.82, 2.24) is 15.1 Å². The van der Waals surface area contributed by atoms with E-state index in [2.05, 4.69) is 41.6 Å². The molecule has 0 radical (unpaired) electrons. The minimum atomic E-state index is 0.724. The van der Waals surface area contributed by atoms with E-state index in [1.54, 1.807) is 0 Å². The lowest BCUT2D eigenvalue weighted by molar-refractivity contribution is 0.647. The normalized spacial score (nSPS) is 10.9. The van der Waals surface area contributed by atoms with E-state index >= 15 is 0 Å². The molecular formula is C15H20ClN3. The van der Waals surface area contributed by atoms with Crippen LogP contribution < -0.4 is 5.32 Å². The van der Waals surface area contributed by atoms with Crippen LogP contribution in [0.3, 0.4) is 0 Å². The van der Waals surface area contributed by atoms with Crippen molar-refractivity contribution in [3.05, 3.63) is 52.3 Å². The molecule has 4 heteroatoms. The summed E-state index contributed by atoms with van der Waals surface area (Å²) in [6, 6.07) is 8.45. The summed E-state index contributed by atoms with van der Waals surface area (Å²) < 4.78 is 1.90. The van der Waals surface area contributed by atoms with Crippen molar-refractivity contribution in [2.45, 2.75) is 33.4 Å². The Labute approximate surface area is 119 Å². The lowest BCUT2D eigenvalue weighted by atomic mass is 10.1. The fraction of sp³-hybridized carbons (Fsp3) is 0.400. The second-order valence-electron chi connectivity index (χ2n) is 4.71. The second-order valence-corrected chi connectivity index (χ2v) is 5.11. The van der Waals surface area contributed by atoms with Crippen molar-refractivity contribution in [2.75, 3.05) is 6.54 Å². The number of hydrogen-bond donors (Lipinski definition) is 1. The first kappa shape index (κ1) is 14.1. The molecule has 1 N–H and O–H groups in total. The van der Waals surface area contributed by atoms with Gasteiger partial charge in [-0.15, -0.1) is 0 Å². The van der Waals surface area contributed by atoms with Gasteiger partial charge < -0.3 is 5.32 Å². The molecular weight excluding hydrogens is 258 g/mol. The second kappa shape index (κ2) is 6.73. The molecule has 0 aliphatic rings. The largest absolute Gasteiger partial charge is 0.313 e. The van der Waals surface area contributed by atoms with Crippen LogP contribution in [0.25, 0.3) is 0 Å². The monoisotopic (exact) mass is 277 g/mol. The number of halogens is 1. The van der Waals surface area contributed by atoms with Gasteiger partial charge in [-0.1, -0.05) is 42.8 Å². The zero-order valence-electron chi connectivity index (χ0n) is 11.5. The molecule has 102 valence electrons. The van der Waals surface area contributed by atoms with Crippen molar-refractivity contribution in [2.24, 2.45) is 0 Å². The lowest BCUT2D eigenvalue weighted by Gasteiger charge is -2.10. The molecule has 0 aliphatic carbocycles. The summed E-state index contributed by atoms with van der Waals surface area (Å²) in [4.78, 5) is 0. The Hall–Kier alpha value is -1.32. The maximum Gasteiger partial charge on any atom is 0.0815 e. The van der Waals surface area contributed by atoms with Gasteiger partial charge in [0.25, 0.3) is 0 Å². The summed E-state index contributed by atoms with van der Waals surface area (Å²) in [6.45, 7) is 6.80. The van der Waals surface area contributed by atoms with Crippen molar-refractivity contribution in [1.29, 1.82) is 0 Å². The van der Waals surface area contributed by atoms with Crippen LogP contribution in [-0.2, 0) is 13.1 Å². The fourth-order valence-corrected chi connectivity index (χ4v) is 2.18. The van der Waals surface area contributed by atoms with Crippen LogP contribution in [0.15, 0.2) is 30.5 Å². The number of nitrogens with one attached hydrogen (secondary N) is 1. The van der Waals surface area contributed by atoms with E-state index < -0.39 is 0 Å². The highest BCUT2D eigenvalue weighted by Crippen LogP contribution is 2.15. The first-order chi connectivity index (χ1) is 9.20. The molecule has 2 aromatic rings. The third-order valence-corrected chi connectivity index (χ3v) is 3.45. The SMILES string of the molecule is CCCNCc1ccccc1Cn1cc(Cl)c(C)n1. The molecule has 0 fully saturated rings. The number of nitrogens with zero attached hydrogens (tertiary/aromatic N) is 2. The third-order valence-electron chi connectivity index (χ3n) is 3.08. The van der Waals surface area contributed by atoms with Crippen LogP contribution in [0, 0.1) is 6.92 Å². The van der Waals surface area contributed by atoms with Crippen LogP contribution in [0.5, 0.6) is 0 Å². The van der Waals surface area contributed by atoms with Crippen molar-refractivity contribution >= 4 is 11.6 Å². The average molecular weight is 278 g/mol. The summed E-state index contributed by atoms with van der Waals surface area (Å²) in [7, 11) is 0.